The third kappa shape index (κ3) is 5.56. The highest BCUT2D eigenvalue weighted by Crippen LogP contribution is 2.17. The van der Waals surface area contributed by atoms with Gasteiger partial charge in [-0.2, -0.15) is 0 Å². The Labute approximate surface area is 122 Å². The predicted octanol–water partition coefficient (Wildman–Crippen LogP) is 0.291. The lowest BCUT2D eigenvalue weighted by Crippen LogP contribution is -2.35. The van der Waals surface area contributed by atoms with Gasteiger partial charge >= 0.3 is 0 Å². The topological polar surface area (TPSA) is 93.4 Å². The first kappa shape index (κ1) is 16.4. The van der Waals surface area contributed by atoms with Crippen LogP contribution < -0.4 is 16.4 Å². The van der Waals surface area contributed by atoms with Crippen molar-refractivity contribution in [1.29, 1.82) is 0 Å². The second-order valence-electron chi connectivity index (χ2n) is 4.12. The van der Waals surface area contributed by atoms with E-state index in [4.69, 9.17) is 22.1 Å². The summed E-state index contributed by atoms with van der Waals surface area (Å²) in [7, 11) is 1.57. The monoisotopic (exact) mass is 299 g/mol. The molecule has 0 aliphatic carbocycles. The smallest absolute Gasteiger partial charge is 0.248 e. The van der Waals surface area contributed by atoms with Gasteiger partial charge in [0, 0.05) is 30.8 Å². The van der Waals surface area contributed by atoms with Crippen LogP contribution in [0.2, 0.25) is 5.02 Å². The molecule has 4 N–H and O–H groups in total. The standard InChI is InChI=1S/C13H18ClN3O3/c1-20-5-4-17-12(18)8-16-7-10-3-2-9(13(15)19)6-11(10)14/h2-3,6,16H,4-5,7-8H2,1H3,(H2,15,19)(H,17,18). The highest BCUT2D eigenvalue weighted by atomic mass is 35.5. The number of nitrogens with one attached hydrogen (secondary N) is 2. The van der Waals surface area contributed by atoms with Crippen molar-refractivity contribution in [2.75, 3.05) is 26.8 Å². The molecule has 0 atom stereocenters. The van der Waals surface area contributed by atoms with Gasteiger partial charge in [-0.25, -0.2) is 0 Å². The molecular weight excluding hydrogens is 282 g/mol. The number of halogens is 1. The van der Waals surface area contributed by atoms with Crippen molar-refractivity contribution >= 4 is 23.4 Å². The molecule has 0 bridgehead atoms. The van der Waals surface area contributed by atoms with Gasteiger partial charge in [-0.3, -0.25) is 9.59 Å². The van der Waals surface area contributed by atoms with Gasteiger partial charge in [-0.05, 0) is 17.7 Å². The summed E-state index contributed by atoms with van der Waals surface area (Å²) in [5.41, 5.74) is 6.30. The average molecular weight is 300 g/mol. The Morgan fingerprint density at radius 1 is 1.40 bits per heavy atom. The third-order valence-electron chi connectivity index (χ3n) is 2.57. The summed E-state index contributed by atoms with van der Waals surface area (Å²) in [5.74, 6) is -0.643. The molecule has 1 rings (SSSR count). The van der Waals surface area contributed by atoms with Crippen LogP contribution in [0.5, 0.6) is 0 Å². The zero-order chi connectivity index (χ0) is 15.0. The summed E-state index contributed by atoms with van der Waals surface area (Å²) >= 11 is 6.03. The highest BCUT2D eigenvalue weighted by molar-refractivity contribution is 6.31. The summed E-state index contributed by atoms with van der Waals surface area (Å²) in [6, 6.07) is 4.82. The maximum absolute atomic E-state index is 11.4. The Morgan fingerprint density at radius 2 is 2.15 bits per heavy atom. The van der Waals surface area contributed by atoms with E-state index in [1.165, 1.54) is 6.07 Å². The van der Waals surface area contributed by atoms with Crippen LogP contribution in [0, 0.1) is 0 Å². The van der Waals surface area contributed by atoms with Crippen LogP contribution in [0.25, 0.3) is 0 Å². The molecule has 0 saturated heterocycles. The van der Waals surface area contributed by atoms with Crippen LogP contribution in [-0.2, 0) is 16.1 Å². The third-order valence-corrected chi connectivity index (χ3v) is 2.92. The molecule has 0 spiro atoms. The van der Waals surface area contributed by atoms with E-state index < -0.39 is 5.91 Å². The lowest BCUT2D eigenvalue weighted by atomic mass is 10.1. The first-order chi connectivity index (χ1) is 9.54. The summed E-state index contributed by atoms with van der Waals surface area (Å²) in [6.45, 7) is 1.56. The second kappa shape index (κ2) is 8.52. The van der Waals surface area contributed by atoms with Crippen LogP contribution in [0.15, 0.2) is 18.2 Å². The SMILES string of the molecule is COCCNC(=O)CNCc1ccc(C(N)=O)cc1Cl. The van der Waals surface area contributed by atoms with Gasteiger partial charge in [-0.15, -0.1) is 0 Å². The number of rotatable bonds is 8. The molecule has 0 aliphatic rings. The van der Waals surface area contributed by atoms with Crippen molar-refractivity contribution in [3.8, 4) is 0 Å². The molecule has 0 saturated carbocycles. The van der Waals surface area contributed by atoms with Crippen LogP contribution in [-0.4, -0.2) is 38.6 Å². The van der Waals surface area contributed by atoms with E-state index >= 15 is 0 Å². The van der Waals surface area contributed by atoms with E-state index in [9.17, 15) is 9.59 Å². The number of carbonyl (C=O) groups is 2. The molecule has 0 radical (unpaired) electrons. The molecule has 1 aromatic carbocycles. The number of methoxy groups -OCH3 is 1. The Morgan fingerprint density at radius 3 is 2.75 bits per heavy atom. The fraction of sp³-hybridized carbons (Fsp3) is 0.385. The van der Waals surface area contributed by atoms with Crippen molar-refractivity contribution in [3.05, 3.63) is 34.3 Å². The zero-order valence-corrected chi connectivity index (χ0v) is 12.0. The minimum absolute atomic E-state index is 0.119. The van der Waals surface area contributed by atoms with Gasteiger partial charge < -0.3 is 21.1 Å². The Bertz CT molecular complexity index is 480. The summed E-state index contributed by atoms with van der Waals surface area (Å²) in [4.78, 5) is 22.4. The summed E-state index contributed by atoms with van der Waals surface area (Å²) < 4.78 is 4.82. The molecular formula is C13H18ClN3O3. The number of nitrogens with two attached hydrogens (primary N) is 1. The number of hydrogen-bond acceptors (Lipinski definition) is 4. The number of benzene rings is 1. The first-order valence-corrected chi connectivity index (χ1v) is 6.47. The van der Waals surface area contributed by atoms with Crippen LogP contribution >= 0.6 is 11.6 Å². The van der Waals surface area contributed by atoms with Gasteiger partial charge in [0.1, 0.15) is 0 Å². The average Bonchev–Trinajstić information content (AvgIpc) is 2.40. The lowest BCUT2D eigenvalue weighted by molar-refractivity contribution is -0.120. The van der Waals surface area contributed by atoms with E-state index in [1.807, 2.05) is 0 Å². The van der Waals surface area contributed by atoms with Crippen LogP contribution in [0.1, 0.15) is 15.9 Å². The molecule has 2 amide bonds. The number of carbonyl (C=O) groups excluding carboxylic acids is 2. The molecule has 0 heterocycles. The first-order valence-electron chi connectivity index (χ1n) is 6.09. The quantitative estimate of drug-likeness (QED) is 0.602. The largest absolute Gasteiger partial charge is 0.383 e. The zero-order valence-electron chi connectivity index (χ0n) is 11.2. The van der Waals surface area contributed by atoms with Crippen molar-refractivity contribution in [3.63, 3.8) is 0 Å². The van der Waals surface area contributed by atoms with Crippen molar-refractivity contribution in [2.45, 2.75) is 6.54 Å². The summed E-state index contributed by atoms with van der Waals surface area (Å²) in [6.07, 6.45) is 0. The molecule has 20 heavy (non-hydrogen) atoms. The molecule has 110 valence electrons. The van der Waals surface area contributed by atoms with Crippen molar-refractivity contribution in [1.82, 2.24) is 10.6 Å². The second-order valence-corrected chi connectivity index (χ2v) is 4.52. The fourth-order valence-corrected chi connectivity index (χ4v) is 1.76. The van der Waals surface area contributed by atoms with Gasteiger partial charge in [0.15, 0.2) is 0 Å². The number of hydrogen-bond donors (Lipinski definition) is 3. The fourth-order valence-electron chi connectivity index (χ4n) is 1.51. The van der Waals surface area contributed by atoms with Crippen LogP contribution in [0.4, 0.5) is 0 Å². The minimum atomic E-state index is -0.524. The Balaban J connectivity index is 2.38. The molecule has 1 aromatic rings. The molecule has 0 aliphatic heterocycles. The van der Waals surface area contributed by atoms with Gasteiger partial charge in [0.05, 0.1) is 13.2 Å². The van der Waals surface area contributed by atoms with E-state index in [-0.39, 0.29) is 12.5 Å². The molecule has 0 aromatic heterocycles. The Kier molecular flexibility index (Phi) is 7.00. The van der Waals surface area contributed by atoms with Crippen LogP contribution in [0.3, 0.4) is 0 Å². The van der Waals surface area contributed by atoms with Crippen molar-refractivity contribution < 1.29 is 14.3 Å². The van der Waals surface area contributed by atoms with E-state index in [2.05, 4.69) is 10.6 Å². The van der Waals surface area contributed by atoms with E-state index in [0.29, 0.717) is 30.3 Å². The van der Waals surface area contributed by atoms with E-state index in [1.54, 1.807) is 19.2 Å². The van der Waals surface area contributed by atoms with E-state index in [0.717, 1.165) is 5.56 Å². The maximum Gasteiger partial charge on any atom is 0.248 e. The number of amides is 2. The number of primary amides is 1. The van der Waals surface area contributed by atoms with Gasteiger partial charge in [0.2, 0.25) is 11.8 Å². The molecule has 6 nitrogen and oxygen atoms in total. The molecule has 0 unspecified atom stereocenters. The maximum atomic E-state index is 11.4. The lowest BCUT2D eigenvalue weighted by Gasteiger charge is -2.08. The van der Waals surface area contributed by atoms with Gasteiger partial charge in [0.25, 0.3) is 0 Å². The number of ether oxygens (including phenoxy) is 1. The summed E-state index contributed by atoms with van der Waals surface area (Å²) in [5, 5.41) is 6.09. The normalized spacial score (nSPS) is 10.3. The highest BCUT2D eigenvalue weighted by Gasteiger charge is 2.06. The molecule has 7 heteroatoms. The Hall–Kier alpha value is -1.63. The minimum Gasteiger partial charge on any atom is -0.383 e. The van der Waals surface area contributed by atoms with Gasteiger partial charge in [-0.1, -0.05) is 17.7 Å². The predicted molar refractivity (Wildman–Crippen MR) is 76.6 cm³/mol. The van der Waals surface area contributed by atoms with Crippen molar-refractivity contribution in [2.24, 2.45) is 5.73 Å². The molecule has 0 fully saturated rings.